The zero-order valence-corrected chi connectivity index (χ0v) is 12.4. The van der Waals surface area contributed by atoms with Crippen LogP contribution in [0.25, 0.3) is 0 Å². The molecule has 0 fully saturated rings. The second-order valence-electron chi connectivity index (χ2n) is 5.67. The molecule has 1 aromatic rings. The minimum atomic E-state index is 0.490. The number of fused-ring (bicyclic) bond motifs is 1. The number of hydrogen-bond donors (Lipinski definition) is 3. The van der Waals surface area contributed by atoms with E-state index in [1.54, 1.807) is 0 Å². The van der Waals surface area contributed by atoms with Crippen LogP contribution in [-0.4, -0.2) is 29.3 Å². The molecule has 1 atom stereocenters. The van der Waals surface area contributed by atoms with Gasteiger partial charge in [0.15, 0.2) is 0 Å². The molecule has 0 spiro atoms. The zero-order chi connectivity index (χ0) is 13.5. The molecule has 1 heterocycles. The van der Waals surface area contributed by atoms with Crippen molar-refractivity contribution in [1.82, 2.24) is 20.8 Å². The van der Waals surface area contributed by atoms with Gasteiger partial charge in [0.2, 0.25) is 0 Å². The summed E-state index contributed by atoms with van der Waals surface area (Å²) in [5.41, 5.74) is 4.10. The predicted octanol–water partition coefficient (Wildman–Crippen LogP) is 2.16. The largest absolute Gasteiger partial charge is 0.315 e. The Morgan fingerprint density at radius 2 is 2.11 bits per heavy atom. The van der Waals surface area contributed by atoms with Gasteiger partial charge in [0.05, 0.1) is 5.69 Å². The predicted molar refractivity (Wildman–Crippen MR) is 79.3 cm³/mol. The van der Waals surface area contributed by atoms with Crippen molar-refractivity contribution in [3.63, 3.8) is 0 Å². The molecule has 0 radical (unpaired) electrons. The Morgan fingerprint density at radius 1 is 1.26 bits per heavy atom. The Bertz CT molecular complexity index is 372. The SMILES string of the molecule is CCCNCC(C)NCc1n[nH]c2c1CCCCC2. The van der Waals surface area contributed by atoms with Crippen LogP contribution < -0.4 is 10.6 Å². The van der Waals surface area contributed by atoms with Crippen LogP contribution in [0.15, 0.2) is 0 Å². The zero-order valence-electron chi connectivity index (χ0n) is 12.4. The number of H-pyrrole nitrogens is 1. The fourth-order valence-electron chi connectivity index (χ4n) is 2.71. The first-order valence-corrected chi connectivity index (χ1v) is 7.80. The van der Waals surface area contributed by atoms with Crippen molar-refractivity contribution >= 4 is 0 Å². The second kappa shape index (κ2) is 7.65. The van der Waals surface area contributed by atoms with Gasteiger partial charge in [-0.05, 0) is 51.1 Å². The fourth-order valence-corrected chi connectivity index (χ4v) is 2.71. The lowest BCUT2D eigenvalue weighted by Gasteiger charge is -2.14. The third-order valence-electron chi connectivity index (χ3n) is 3.89. The molecule has 1 aromatic heterocycles. The summed E-state index contributed by atoms with van der Waals surface area (Å²) >= 11 is 0. The maximum Gasteiger partial charge on any atom is 0.0794 e. The van der Waals surface area contributed by atoms with E-state index in [0.717, 1.165) is 19.6 Å². The van der Waals surface area contributed by atoms with Gasteiger partial charge in [-0.2, -0.15) is 5.10 Å². The Morgan fingerprint density at radius 3 is 2.95 bits per heavy atom. The second-order valence-corrected chi connectivity index (χ2v) is 5.67. The minimum absolute atomic E-state index is 0.490. The average Bonchev–Trinajstić information content (AvgIpc) is 2.64. The van der Waals surface area contributed by atoms with Crippen molar-refractivity contribution in [2.45, 2.75) is 65.0 Å². The molecule has 1 unspecified atom stereocenters. The first-order chi connectivity index (χ1) is 9.31. The van der Waals surface area contributed by atoms with E-state index in [-0.39, 0.29) is 0 Å². The van der Waals surface area contributed by atoms with Crippen molar-refractivity contribution in [2.75, 3.05) is 13.1 Å². The quantitative estimate of drug-likeness (QED) is 0.522. The normalized spacial score (nSPS) is 16.9. The maximum absolute atomic E-state index is 4.50. The van der Waals surface area contributed by atoms with Crippen LogP contribution in [0, 0.1) is 0 Å². The third-order valence-corrected chi connectivity index (χ3v) is 3.89. The Kier molecular flexibility index (Phi) is 5.86. The molecular formula is C15H28N4. The standard InChI is InChI=1S/C15H28N4/c1-3-9-16-10-12(2)17-11-15-13-7-5-4-6-8-14(13)18-19-15/h12,16-17H,3-11H2,1-2H3,(H,18,19). The molecule has 4 heteroatoms. The van der Waals surface area contributed by atoms with Crippen molar-refractivity contribution in [1.29, 1.82) is 0 Å². The first-order valence-electron chi connectivity index (χ1n) is 7.80. The van der Waals surface area contributed by atoms with E-state index in [1.165, 1.54) is 55.5 Å². The van der Waals surface area contributed by atoms with E-state index in [2.05, 4.69) is 34.7 Å². The van der Waals surface area contributed by atoms with Crippen LogP contribution in [0.2, 0.25) is 0 Å². The van der Waals surface area contributed by atoms with E-state index in [0.29, 0.717) is 6.04 Å². The topological polar surface area (TPSA) is 52.7 Å². The Balaban J connectivity index is 1.81. The summed E-state index contributed by atoms with van der Waals surface area (Å²) in [4.78, 5) is 0. The van der Waals surface area contributed by atoms with Crippen molar-refractivity contribution in [2.24, 2.45) is 0 Å². The highest BCUT2D eigenvalue weighted by Gasteiger charge is 2.15. The summed E-state index contributed by atoms with van der Waals surface area (Å²) in [6.07, 6.45) is 7.54. The molecule has 19 heavy (non-hydrogen) atoms. The Hall–Kier alpha value is -0.870. The lowest BCUT2D eigenvalue weighted by atomic mass is 10.1. The van der Waals surface area contributed by atoms with Crippen LogP contribution in [-0.2, 0) is 19.4 Å². The molecule has 0 saturated carbocycles. The highest BCUT2D eigenvalue weighted by atomic mass is 15.1. The maximum atomic E-state index is 4.50. The van der Waals surface area contributed by atoms with Gasteiger partial charge in [-0.15, -0.1) is 0 Å². The Labute approximate surface area is 116 Å². The minimum Gasteiger partial charge on any atom is -0.315 e. The summed E-state index contributed by atoms with van der Waals surface area (Å²) in [6, 6.07) is 0.490. The highest BCUT2D eigenvalue weighted by Crippen LogP contribution is 2.21. The molecule has 108 valence electrons. The molecular weight excluding hydrogens is 236 g/mol. The summed E-state index contributed by atoms with van der Waals surface area (Å²) in [5, 5.41) is 14.8. The summed E-state index contributed by atoms with van der Waals surface area (Å²) < 4.78 is 0. The summed E-state index contributed by atoms with van der Waals surface area (Å²) in [6.45, 7) is 7.45. The van der Waals surface area contributed by atoms with Gasteiger partial charge in [0.25, 0.3) is 0 Å². The molecule has 0 saturated heterocycles. The van der Waals surface area contributed by atoms with E-state index in [4.69, 9.17) is 0 Å². The van der Waals surface area contributed by atoms with Crippen molar-refractivity contribution in [3.05, 3.63) is 17.0 Å². The van der Waals surface area contributed by atoms with Gasteiger partial charge in [0.1, 0.15) is 0 Å². The third kappa shape index (κ3) is 4.32. The average molecular weight is 264 g/mol. The smallest absolute Gasteiger partial charge is 0.0794 e. The number of aromatic amines is 1. The van der Waals surface area contributed by atoms with Crippen LogP contribution in [0.4, 0.5) is 0 Å². The van der Waals surface area contributed by atoms with Crippen molar-refractivity contribution < 1.29 is 0 Å². The number of aromatic nitrogens is 2. The van der Waals surface area contributed by atoms with Crippen LogP contribution in [0.1, 0.15) is 56.5 Å². The molecule has 3 N–H and O–H groups in total. The fraction of sp³-hybridized carbons (Fsp3) is 0.800. The molecule has 1 aliphatic rings. The first kappa shape index (κ1) is 14.5. The van der Waals surface area contributed by atoms with Crippen LogP contribution >= 0.6 is 0 Å². The molecule has 0 bridgehead atoms. The molecule has 1 aliphatic carbocycles. The highest BCUT2D eigenvalue weighted by molar-refractivity contribution is 5.26. The van der Waals surface area contributed by atoms with Gasteiger partial charge >= 0.3 is 0 Å². The lowest BCUT2D eigenvalue weighted by molar-refractivity contribution is 0.496. The van der Waals surface area contributed by atoms with Crippen LogP contribution in [0.3, 0.4) is 0 Å². The molecule has 4 nitrogen and oxygen atoms in total. The molecule has 2 rings (SSSR count). The number of hydrogen-bond acceptors (Lipinski definition) is 3. The van der Waals surface area contributed by atoms with E-state index < -0.39 is 0 Å². The van der Waals surface area contributed by atoms with Gasteiger partial charge in [-0.25, -0.2) is 0 Å². The van der Waals surface area contributed by atoms with Gasteiger partial charge in [-0.3, -0.25) is 5.10 Å². The molecule has 0 aliphatic heterocycles. The van der Waals surface area contributed by atoms with E-state index >= 15 is 0 Å². The van der Waals surface area contributed by atoms with Crippen LogP contribution in [0.5, 0.6) is 0 Å². The molecule has 0 amide bonds. The lowest BCUT2D eigenvalue weighted by Crippen LogP contribution is -2.36. The number of rotatable bonds is 7. The number of aryl methyl sites for hydroxylation is 1. The van der Waals surface area contributed by atoms with Gasteiger partial charge < -0.3 is 10.6 Å². The molecule has 0 aromatic carbocycles. The van der Waals surface area contributed by atoms with Crippen molar-refractivity contribution in [3.8, 4) is 0 Å². The van der Waals surface area contributed by atoms with E-state index in [1.807, 2.05) is 0 Å². The number of nitrogens with zero attached hydrogens (tertiary/aromatic N) is 1. The van der Waals surface area contributed by atoms with Gasteiger partial charge in [0, 0.05) is 24.8 Å². The van der Waals surface area contributed by atoms with Gasteiger partial charge in [-0.1, -0.05) is 13.3 Å². The monoisotopic (exact) mass is 264 g/mol. The number of nitrogens with one attached hydrogen (secondary N) is 3. The summed E-state index contributed by atoms with van der Waals surface area (Å²) in [7, 11) is 0. The summed E-state index contributed by atoms with van der Waals surface area (Å²) in [5.74, 6) is 0. The van der Waals surface area contributed by atoms with E-state index in [9.17, 15) is 0 Å².